The van der Waals surface area contributed by atoms with Crippen LogP contribution < -0.4 is 0 Å². The van der Waals surface area contributed by atoms with Crippen molar-refractivity contribution in [2.24, 2.45) is 17.8 Å². The van der Waals surface area contributed by atoms with Crippen molar-refractivity contribution in [1.82, 2.24) is 4.90 Å². The number of hydrogen-bond acceptors (Lipinski definition) is 1. The van der Waals surface area contributed by atoms with Crippen LogP contribution in [0.5, 0.6) is 0 Å². The summed E-state index contributed by atoms with van der Waals surface area (Å²) in [4.78, 5) is 2.61. The van der Waals surface area contributed by atoms with Gasteiger partial charge in [0.15, 0.2) is 0 Å². The first-order valence-corrected chi connectivity index (χ1v) is 4.44. The number of rotatable bonds is 1. The van der Waals surface area contributed by atoms with Gasteiger partial charge in [-0.2, -0.15) is 0 Å². The minimum absolute atomic E-state index is 0.778. The summed E-state index contributed by atoms with van der Waals surface area (Å²) in [5.41, 5.74) is 0. The van der Waals surface area contributed by atoms with Crippen molar-refractivity contribution in [3.05, 3.63) is 0 Å². The molecule has 0 spiro atoms. The van der Waals surface area contributed by atoms with E-state index in [1.807, 2.05) is 0 Å². The predicted octanol–water partition coefficient (Wildman–Crippen LogP) is 1.59. The summed E-state index contributed by atoms with van der Waals surface area (Å²) in [6.07, 6.45) is 0. The molecule has 3 atom stereocenters. The molecule has 2 fully saturated rings. The van der Waals surface area contributed by atoms with Crippen LogP contribution in [0.1, 0.15) is 20.8 Å². The van der Waals surface area contributed by atoms with Gasteiger partial charge in [0, 0.05) is 19.1 Å². The molecule has 0 radical (unpaired) electrons. The lowest BCUT2D eigenvalue weighted by Gasteiger charge is -2.22. The van der Waals surface area contributed by atoms with Crippen molar-refractivity contribution in [2.45, 2.75) is 26.8 Å². The summed E-state index contributed by atoms with van der Waals surface area (Å²) < 4.78 is 0. The Hall–Kier alpha value is -0.0400. The first kappa shape index (κ1) is 6.66. The molecule has 1 saturated heterocycles. The van der Waals surface area contributed by atoms with Crippen LogP contribution in [0.2, 0.25) is 0 Å². The smallest absolute Gasteiger partial charge is 0.00388 e. The number of likely N-dealkylation sites (tertiary alicyclic amines) is 1. The zero-order valence-electron chi connectivity index (χ0n) is 7.17. The summed E-state index contributed by atoms with van der Waals surface area (Å²) >= 11 is 0. The minimum Gasteiger partial charge on any atom is -0.300 e. The third kappa shape index (κ3) is 0.800. The van der Waals surface area contributed by atoms with Crippen LogP contribution in [0, 0.1) is 17.8 Å². The lowest BCUT2D eigenvalue weighted by atomic mass is 10.2. The summed E-state index contributed by atoms with van der Waals surface area (Å²) in [6.45, 7) is 9.75. The third-order valence-electron chi connectivity index (χ3n) is 3.38. The van der Waals surface area contributed by atoms with E-state index in [4.69, 9.17) is 0 Å². The van der Waals surface area contributed by atoms with Gasteiger partial charge in [-0.15, -0.1) is 0 Å². The van der Waals surface area contributed by atoms with Gasteiger partial charge in [0.05, 0.1) is 0 Å². The van der Waals surface area contributed by atoms with E-state index < -0.39 is 0 Å². The topological polar surface area (TPSA) is 3.24 Å². The maximum atomic E-state index is 2.61. The largest absolute Gasteiger partial charge is 0.300 e. The average Bonchev–Trinajstić information content (AvgIpc) is 2.38. The van der Waals surface area contributed by atoms with Crippen LogP contribution >= 0.6 is 0 Å². The van der Waals surface area contributed by atoms with Gasteiger partial charge in [-0.05, 0) is 31.6 Å². The number of nitrogens with zero attached hydrogens (tertiary/aromatic N) is 1. The number of hydrogen-bond donors (Lipinski definition) is 0. The quantitative estimate of drug-likeness (QED) is 0.533. The van der Waals surface area contributed by atoms with E-state index in [2.05, 4.69) is 25.7 Å². The molecule has 10 heavy (non-hydrogen) atoms. The molecule has 1 unspecified atom stereocenters. The Morgan fingerprint density at radius 1 is 1.20 bits per heavy atom. The van der Waals surface area contributed by atoms with E-state index in [0.717, 1.165) is 23.8 Å². The fourth-order valence-electron chi connectivity index (χ4n) is 2.28. The zero-order valence-corrected chi connectivity index (χ0v) is 7.17. The molecule has 0 amide bonds. The second-order valence-electron chi connectivity index (χ2n) is 4.23. The van der Waals surface area contributed by atoms with E-state index in [1.165, 1.54) is 13.1 Å². The Balaban J connectivity index is 1.89. The first-order valence-electron chi connectivity index (χ1n) is 4.44. The summed E-state index contributed by atoms with van der Waals surface area (Å²) in [5.74, 6) is 3.19. The highest BCUT2D eigenvalue weighted by Gasteiger charge is 2.52. The second-order valence-corrected chi connectivity index (χ2v) is 4.23. The monoisotopic (exact) mass is 139 g/mol. The molecule has 58 valence electrons. The van der Waals surface area contributed by atoms with Gasteiger partial charge in [0.1, 0.15) is 0 Å². The van der Waals surface area contributed by atoms with Crippen LogP contribution in [0.25, 0.3) is 0 Å². The number of fused-ring (bicyclic) bond motifs is 1. The molecular formula is C9H17N. The van der Waals surface area contributed by atoms with Crippen LogP contribution in [-0.4, -0.2) is 24.0 Å². The molecule has 1 heterocycles. The highest BCUT2D eigenvalue weighted by atomic mass is 15.2. The van der Waals surface area contributed by atoms with Gasteiger partial charge < -0.3 is 4.90 Å². The maximum Gasteiger partial charge on any atom is 0.00388 e. The summed E-state index contributed by atoms with van der Waals surface area (Å²) in [7, 11) is 0. The van der Waals surface area contributed by atoms with E-state index in [-0.39, 0.29) is 0 Å². The minimum atomic E-state index is 0.778. The van der Waals surface area contributed by atoms with Crippen molar-refractivity contribution in [2.75, 3.05) is 13.1 Å². The Morgan fingerprint density at radius 2 is 1.70 bits per heavy atom. The molecule has 0 N–H and O–H groups in total. The van der Waals surface area contributed by atoms with Crippen molar-refractivity contribution < 1.29 is 0 Å². The molecule has 2 aliphatic rings. The molecule has 1 nitrogen and oxygen atoms in total. The van der Waals surface area contributed by atoms with E-state index in [1.54, 1.807) is 0 Å². The Kier molecular flexibility index (Phi) is 1.31. The van der Waals surface area contributed by atoms with Crippen molar-refractivity contribution in [3.8, 4) is 0 Å². The zero-order chi connectivity index (χ0) is 7.30. The van der Waals surface area contributed by atoms with Crippen molar-refractivity contribution >= 4 is 0 Å². The molecule has 2 rings (SSSR count). The molecule has 0 aromatic heterocycles. The SMILES string of the molecule is CC1[C@H]2CN(C(C)C)C[C@@H]12. The van der Waals surface area contributed by atoms with Crippen molar-refractivity contribution in [1.29, 1.82) is 0 Å². The average molecular weight is 139 g/mol. The fourth-order valence-corrected chi connectivity index (χ4v) is 2.28. The van der Waals surface area contributed by atoms with E-state index in [0.29, 0.717) is 0 Å². The summed E-state index contributed by atoms with van der Waals surface area (Å²) in [6, 6.07) is 0.778. The predicted molar refractivity (Wildman–Crippen MR) is 42.9 cm³/mol. The summed E-state index contributed by atoms with van der Waals surface area (Å²) in [5, 5.41) is 0. The van der Waals surface area contributed by atoms with Crippen LogP contribution in [-0.2, 0) is 0 Å². The van der Waals surface area contributed by atoms with Gasteiger partial charge in [0.25, 0.3) is 0 Å². The number of piperidine rings is 1. The van der Waals surface area contributed by atoms with Crippen LogP contribution in [0.15, 0.2) is 0 Å². The molecule has 0 aromatic rings. The second kappa shape index (κ2) is 1.97. The van der Waals surface area contributed by atoms with Gasteiger partial charge in [-0.1, -0.05) is 6.92 Å². The maximum absolute atomic E-state index is 2.61. The highest BCUT2D eigenvalue weighted by Crippen LogP contribution is 2.51. The lowest BCUT2D eigenvalue weighted by molar-refractivity contribution is 0.236. The van der Waals surface area contributed by atoms with Crippen LogP contribution in [0.4, 0.5) is 0 Å². The molecule has 1 heteroatoms. The lowest BCUT2D eigenvalue weighted by Crippen LogP contribution is -2.30. The van der Waals surface area contributed by atoms with E-state index in [9.17, 15) is 0 Å². The normalized spacial score (nSPS) is 46.2. The molecule has 0 aromatic carbocycles. The van der Waals surface area contributed by atoms with Gasteiger partial charge in [-0.25, -0.2) is 0 Å². The first-order chi connectivity index (χ1) is 4.70. The standard InChI is InChI=1S/C9H17N/c1-6(2)10-4-8-7(3)9(8)5-10/h6-9H,4-5H2,1-3H3/t7?,8-,9+. The van der Waals surface area contributed by atoms with Crippen molar-refractivity contribution in [3.63, 3.8) is 0 Å². The molecule has 1 saturated carbocycles. The molecule has 1 aliphatic heterocycles. The van der Waals surface area contributed by atoms with Gasteiger partial charge >= 0.3 is 0 Å². The van der Waals surface area contributed by atoms with Crippen LogP contribution in [0.3, 0.4) is 0 Å². The Bertz CT molecular complexity index is 130. The highest BCUT2D eigenvalue weighted by molar-refractivity contribution is 5.03. The molecular weight excluding hydrogens is 122 g/mol. The molecule has 1 aliphatic carbocycles. The Labute approximate surface area is 63.4 Å². The van der Waals surface area contributed by atoms with E-state index >= 15 is 0 Å². The third-order valence-corrected chi connectivity index (χ3v) is 3.38. The van der Waals surface area contributed by atoms with Gasteiger partial charge in [-0.3, -0.25) is 0 Å². The van der Waals surface area contributed by atoms with Gasteiger partial charge in [0.2, 0.25) is 0 Å². The fraction of sp³-hybridized carbons (Fsp3) is 1.00. The molecule has 0 bridgehead atoms. The Morgan fingerprint density at radius 3 is 2.10 bits per heavy atom.